The molecule has 0 bridgehead atoms. The van der Waals surface area contributed by atoms with E-state index in [1.807, 2.05) is 31.2 Å². The highest BCUT2D eigenvalue weighted by Gasteiger charge is 2.25. The average molecular weight is 430 g/mol. The maximum absolute atomic E-state index is 12.0. The van der Waals surface area contributed by atoms with E-state index in [4.69, 9.17) is 0 Å². The van der Waals surface area contributed by atoms with Crippen LogP contribution < -0.4 is 0 Å². The number of halogens is 1. The lowest BCUT2D eigenvalue weighted by Gasteiger charge is -2.07. The normalized spacial score (nSPS) is 10.7. The number of nitrogens with zero attached hydrogens (tertiary/aromatic N) is 3. The highest BCUT2D eigenvalue weighted by molar-refractivity contribution is 9.10. The van der Waals surface area contributed by atoms with Gasteiger partial charge in [-0.15, -0.1) is 0 Å². The molecule has 0 atom stereocenters. The van der Waals surface area contributed by atoms with Crippen LogP contribution in [-0.4, -0.2) is 25.8 Å². The molecule has 3 rings (SSSR count). The smallest absolute Gasteiger partial charge is 0.339 e. The number of hydrogen-bond acceptors (Lipinski definition) is 4. The molecular formula is C19H16BrN3O4. The first kappa shape index (κ1) is 18.8. The Bertz CT molecular complexity index is 995. The summed E-state index contributed by atoms with van der Waals surface area (Å²) in [6, 6.07) is 13.2. The van der Waals surface area contributed by atoms with Gasteiger partial charge < -0.3 is 5.11 Å². The molecule has 0 saturated carbocycles. The summed E-state index contributed by atoms with van der Waals surface area (Å²) in [7, 11) is 0. The van der Waals surface area contributed by atoms with Gasteiger partial charge in [-0.3, -0.25) is 10.1 Å². The number of benzene rings is 2. The van der Waals surface area contributed by atoms with E-state index < -0.39 is 10.9 Å². The Morgan fingerprint density at radius 2 is 1.81 bits per heavy atom. The van der Waals surface area contributed by atoms with E-state index in [-0.39, 0.29) is 11.3 Å². The highest BCUT2D eigenvalue weighted by Crippen LogP contribution is 2.30. The number of carboxylic acids is 1. The van der Waals surface area contributed by atoms with Gasteiger partial charge in [-0.1, -0.05) is 29.3 Å². The van der Waals surface area contributed by atoms with Crippen LogP contribution in [0.1, 0.15) is 29.4 Å². The van der Waals surface area contributed by atoms with Crippen molar-refractivity contribution in [3.05, 3.63) is 74.4 Å². The zero-order valence-electron chi connectivity index (χ0n) is 14.4. The van der Waals surface area contributed by atoms with Gasteiger partial charge in [0.2, 0.25) is 0 Å². The van der Waals surface area contributed by atoms with Crippen LogP contribution in [0.4, 0.5) is 5.69 Å². The number of aromatic carboxylic acids is 1. The quantitative estimate of drug-likeness (QED) is 0.445. The van der Waals surface area contributed by atoms with Gasteiger partial charge in [-0.05, 0) is 42.8 Å². The van der Waals surface area contributed by atoms with Gasteiger partial charge >= 0.3 is 5.97 Å². The zero-order chi connectivity index (χ0) is 19.6. The molecule has 0 radical (unpaired) electrons. The molecule has 138 valence electrons. The lowest BCUT2D eigenvalue weighted by atomic mass is 10.0. The molecule has 1 heterocycles. The predicted octanol–water partition coefficient (Wildman–Crippen LogP) is 4.86. The standard InChI is InChI=1S/C19H16BrN3O4/c1-2-3-16-17(19(24)25)18(12-4-8-15(9-5-12)23(26)27)21-22(16)14-10-6-13(20)7-11-14/h4-11H,2-3H2,1H3,(H,24,25). The van der Waals surface area contributed by atoms with Gasteiger partial charge in [-0.2, -0.15) is 5.10 Å². The number of rotatable bonds is 6. The van der Waals surface area contributed by atoms with E-state index in [0.717, 1.165) is 16.6 Å². The lowest BCUT2D eigenvalue weighted by molar-refractivity contribution is -0.384. The minimum atomic E-state index is -1.07. The van der Waals surface area contributed by atoms with Gasteiger partial charge in [0.25, 0.3) is 5.69 Å². The van der Waals surface area contributed by atoms with Gasteiger partial charge in [0.05, 0.1) is 16.3 Å². The molecule has 0 amide bonds. The number of carboxylic acid groups (broad SMARTS) is 1. The molecule has 0 aliphatic carbocycles. The molecule has 1 aromatic heterocycles. The summed E-state index contributed by atoms with van der Waals surface area (Å²) in [5, 5.41) is 25.2. The van der Waals surface area contributed by atoms with Crippen LogP contribution in [0.5, 0.6) is 0 Å². The van der Waals surface area contributed by atoms with Crippen LogP contribution in [0, 0.1) is 10.1 Å². The van der Waals surface area contributed by atoms with Crippen molar-refractivity contribution in [2.45, 2.75) is 19.8 Å². The summed E-state index contributed by atoms with van der Waals surface area (Å²) < 4.78 is 2.54. The maximum atomic E-state index is 12.0. The maximum Gasteiger partial charge on any atom is 0.339 e. The average Bonchev–Trinajstić information content (AvgIpc) is 3.02. The number of hydrogen-bond donors (Lipinski definition) is 1. The molecule has 1 N–H and O–H groups in total. The van der Waals surface area contributed by atoms with Crippen molar-refractivity contribution in [3.8, 4) is 16.9 Å². The van der Waals surface area contributed by atoms with E-state index in [2.05, 4.69) is 21.0 Å². The summed E-state index contributed by atoms with van der Waals surface area (Å²) in [6.45, 7) is 1.97. The van der Waals surface area contributed by atoms with E-state index in [1.165, 1.54) is 24.3 Å². The Hall–Kier alpha value is -3.00. The highest BCUT2D eigenvalue weighted by atomic mass is 79.9. The first-order chi connectivity index (χ1) is 12.9. The van der Waals surface area contributed by atoms with Crippen molar-refractivity contribution in [3.63, 3.8) is 0 Å². The van der Waals surface area contributed by atoms with E-state index in [1.54, 1.807) is 4.68 Å². The van der Waals surface area contributed by atoms with Crippen LogP contribution in [0.25, 0.3) is 16.9 Å². The molecule has 0 spiro atoms. The topological polar surface area (TPSA) is 98.3 Å². The van der Waals surface area contributed by atoms with E-state index in [9.17, 15) is 20.0 Å². The fourth-order valence-corrected chi connectivity index (χ4v) is 3.15. The Kier molecular flexibility index (Phi) is 5.36. The van der Waals surface area contributed by atoms with Crippen molar-refractivity contribution in [1.29, 1.82) is 0 Å². The Balaban J connectivity index is 2.21. The number of non-ortho nitro benzene ring substituents is 1. The van der Waals surface area contributed by atoms with Crippen LogP contribution >= 0.6 is 15.9 Å². The first-order valence-corrected chi connectivity index (χ1v) is 9.07. The number of aromatic nitrogens is 2. The van der Waals surface area contributed by atoms with Crippen molar-refractivity contribution in [1.82, 2.24) is 9.78 Å². The first-order valence-electron chi connectivity index (χ1n) is 8.28. The minimum absolute atomic E-state index is 0.0586. The Morgan fingerprint density at radius 3 is 2.33 bits per heavy atom. The lowest BCUT2D eigenvalue weighted by Crippen LogP contribution is -2.06. The van der Waals surface area contributed by atoms with Crippen molar-refractivity contribution < 1.29 is 14.8 Å². The molecule has 0 unspecified atom stereocenters. The largest absolute Gasteiger partial charge is 0.478 e. The second kappa shape index (κ2) is 7.71. The minimum Gasteiger partial charge on any atom is -0.478 e. The third-order valence-corrected chi connectivity index (χ3v) is 4.63. The Morgan fingerprint density at radius 1 is 1.19 bits per heavy atom. The van der Waals surface area contributed by atoms with Gasteiger partial charge in [-0.25, -0.2) is 9.48 Å². The summed E-state index contributed by atoms with van der Waals surface area (Å²) in [5.41, 5.74) is 2.22. The Labute approximate surface area is 163 Å². The predicted molar refractivity (Wildman–Crippen MR) is 104 cm³/mol. The summed E-state index contributed by atoms with van der Waals surface area (Å²) >= 11 is 3.39. The zero-order valence-corrected chi connectivity index (χ0v) is 16.0. The van der Waals surface area contributed by atoms with Gasteiger partial charge in [0.1, 0.15) is 11.3 Å². The van der Waals surface area contributed by atoms with Crippen LogP contribution in [0.2, 0.25) is 0 Å². The number of carbonyl (C=O) groups is 1. The third-order valence-electron chi connectivity index (χ3n) is 4.10. The molecule has 8 heteroatoms. The second-order valence-corrected chi connectivity index (χ2v) is 6.83. The van der Waals surface area contributed by atoms with Crippen LogP contribution in [-0.2, 0) is 6.42 Å². The molecule has 0 saturated heterocycles. The molecule has 0 aliphatic rings. The van der Waals surface area contributed by atoms with E-state index in [0.29, 0.717) is 23.4 Å². The van der Waals surface area contributed by atoms with Crippen molar-refractivity contribution in [2.24, 2.45) is 0 Å². The van der Waals surface area contributed by atoms with E-state index >= 15 is 0 Å². The molecule has 7 nitrogen and oxygen atoms in total. The fraction of sp³-hybridized carbons (Fsp3) is 0.158. The van der Waals surface area contributed by atoms with Crippen molar-refractivity contribution >= 4 is 27.6 Å². The second-order valence-electron chi connectivity index (χ2n) is 5.92. The van der Waals surface area contributed by atoms with Crippen LogP contribution in [0.3, 0.4) is 0 Å². The molecule has 0 fully saturated rings. The summed E-state index contributed by atoms with van der Waals surface area (Å²) in [4.78, 5) is 22.4. The third kappa shape index (κ3) is 3.75. The SMILES string of the molecule is CCCc1c(C(=O)O)c(-c2ccc([N+](=O)[O-])cc2)nn1-c1ccc(Br)cc1. The molecule has 2 aromatic carbocycles. The molecule has 0 aliphatic heterocycles. The summed E-state index contributed by atoms with van der Waals surface area (Å²) in [6.07, 6.45) is 1.29. The van der Waals surface area contributed by atoms with Crippen molar-refractivity contribution in [2.75, 3.05) is 0 Å². The number of nitro groups is 1. The molecule has 27 heavy (non-hydrogen) atoms. The van der Waals surface area contributed by atoms with Gasteiger partial charge in [0.15, 0.2) is 0 Å². The molecular weight excluding hydrogens is 414 g/mol. The fourth-order valence-electron chi connectivity index (χ4n) is 2.88. The summed E-state index contributed by atoms with van der Waals surface area (Å²) in [5.74, 6) is -1.07. The number of nitro benzene ring substituents is 1. The van der Waals surface area contributed by atoms with Crippen LogP contribution in [0.15, 0.2) is 53.0 Å². The molecule has 3 aromatic rings. The monoisotopic (exact) mass is 429 g/mol. The van der Waals surface area contributed by atoms with Gasteiger partial charge in [0, 0.05) is 22.2 Å².